The Morgan fingerprint density at radius 2 is 2.10 bits per heavy atom. The van der Waals surface area contributed by atoms with Crippen molar-refractivity contribution in [3.63, 3.8) is 0 Å². The summed E-state index contributed by atoms with van der Waals surface area (Å²) in [7, 11) is -2.33. The maximum Gasteiger partial charge on any atom is 0.306 e. The Bertz CT molecular complexity index is 720. The summed E-state index contributed by atoms with van der Waals surface area (Å²) in [4.78, 5) is 10.8. The van der Waals surface area contributed by atoms with Crippen LogP contribution < -0.4 is 0 Å². The van der Waals surface area contributed by atoms with E-state index in [-0.39, 0.29) is 21.5 Å². The molecule has 0 aromatic heterocycles. The second-order valence-electron chi connectivity index (χ2n) is 4.94. The molecule has 1 saturated carbocycles. The minimum Gasteiger partial charge on any atom is -0.481 e. The molecule has 112 valence electrons. The number of aliphatic carboxylic acids is 1. The summed E-state index contributed by atoms with van der Waals surface area (Å²) in [6, 6.07) is 5.44. The van der Waals surface area contributed by atoms with E-state index in [1.165, 1.54) is 29.6 Å². The number of carboxylic acid groups (broad SMARTS) is 1. The number of halogens is 1. The van der Waals surface area contributed by atoms with Gasteiger partial charge in [0.1, 0.15) is 6.07 Å². The van der Waals surface area contributed by atoms with Gasteiger partial charge in [0.2, 0.25) is 10.0 Å². The number of hydrogen-bond acceptors (Lipinski definition) is 4. The maximum atomic E-state index is 12.4. The van der Waals surface area contributed by atoms with Crippen molar-refractivity contribution in [1.82, 2.24) is 4.31 Å². The third kappa shape index (κ3) is 2.88. The largest absolute Gasteiger partial charge is 0.481 e. The van der Waals surface area contributed by atoms with Gasteiger partial charge in [0.15, 0.2) is 0 Å². The Kier molecular flexibility index (Phi) is 4.23. The average molecular weight is 329 g/mol. The number of nitriles is 1. The molecule has 8 heteroatoms. The van der Waals surface area contributed by atoms with Crippen molar-refractivity contribution in [2.75, 3.05) is 7.05 Å². The van der Waals surface area contributed by atoms with E-state index in [9.17, 15) is 13.2 Å². The average Bonchev–Trinajstić information content (AvgIpc) is 2.36. The van der Waals surface area contributed by atoms with Crippen LogP contribution in [0.15, 0.2) is 23.1 Å². The lowest BCUT2D eigenvalue weighted by molar-refractivity contribution is -0.146. The standard InChI is InChI=1S/C13H13ClN2O4S/c1-16(10-4-9(5-10)13(17)18)21(19,20)11-3-2-8(7-15)12(14)6-11/h2-3,6,9-10H,4-5H2,1H3,(H,17,18). The van der Waals surface area contributed by atoms with Crippen LogP contribution in [-0.2, 0) is 14.8 Å². The zero-order valence-electron chi connectivity index (χ0n) is 11.2. The van der Waals surface area contributed by atoms with E-state index in [4.69, 9.17) is 22.0 Å². The molecule has 0 heterocycles. The Morgan fingerprint density at radius 3 is 2.57 bits per heavy atom. The van der Waals surface area contributed by atoms with E-state index in [0.29, 0.717) is 12.8 Å². The highest BCUT2D eigenvalue weighted by molar-refractivity contribution is 7.89. The van der Waals surface area contributed by atoms with Gasteiger partial charge in [-0.05, 0) is 31.0 Å². The maximum absolute atomic E-state index is 12.4. The van der Waals surface area contributed by atoms with Gasteiger partial charge in [0.05, 0.1) is 21.4 Å². The smallest absolute Gasteiger partial charge is 0.306 e. The van der Waals surface area contributed by atoms with E-state index in [2.05, 4.69) is 0 Å². The molecular formula is C13H13ClN2O4S. The number of benzene rings is 1. The zero-order chi connectivity index (χ0) is 15.8. The molecule has 0 amide bonds. The topological polar surface area (TPSA) is 98.5 Å². The van der Waals surface area contributed by atoms with E-state index in [1.807, 2.05) is 6.07 Å². The van der Waals surface area contributed by atoms with Gasteiger partial charge in [0.25, 0.3) is 0 Å². The first-order chi connectivity index (χ1) is 9.77. The van der Waals surface area contributed by atoms with Gasteiger partial charge in [-0.25, -0.2) is 8.42 Å². The third-order valence-corrected chi connectivity index (χ3v) is 5.93. The lowest BCUT2D eigenvalue weighted by Crippen LogP contribution is -2.47. The molecule has 6 nitrogen and oxygen atoms in total. The first-order valence-corrected chi connectivity index (χ1v) is 7.99. The summed E-state index contributed by atoms with van der Waals surface area (Å²) in [6.07, 6.45) is 0.601. The van der Waals surface area contributed by atoms with Crippen LogP contribution in [0.2, 0.25) is 5.02 Å². The van der Waals surface area contributed by atoms with Gasteiger partial charge in [-0.1, -0.05) is 11.6 Å². The molecule has 1 aliphatic carbocycles. The number of sulfonamides is 1. The van der Waals surface area contributed by atoms with Crippen molar-refractivity contribution < 1.29 is 18.3 Å². The second kappa shape index (κ2) is 5.64. The zero-order valence-corrected chi connectivity index (χ0v) is 12.7. The number of rotatable bonds is 4. The SMILES string of the molecule is CN(C1CC(C(=O)O)C1)S(=O)(=O)c1ccc(C#N)c(Cl)c1. The van der Waals surface area contributed by atoms with Crippen LogP contribution in [0.25, 0.3) is 0 Å². The summed E-state index contributed by atoms with van der Waals surface area (Å²) in [5, 5.41) is 17.7. The first-order valence-electron chi connectivity index (χ1n) is 6.18. The van der Waals surface area contributed by atoms with Crippen LogP contribution in [-0.4, -0.2) is 36.9 Å². The lowest BCUT2D eigenvalue weighted by atomic mass is 9.80. The lowest BCUT2D eigenvalue weighted by Gasteiger charge is -2.38. The minimum atomic E-state index is -3.75. The molecule has 0 unspecified atom stereocenters. The summed E-state index contributed by atoms with van der Waals surface area (Å²) < 4.78 is 26.0. The van der Waals surface area contributed by atoms with Crippen LogP contribution in [0.1, 0.15) is 18.4 Å². The highest BCUT2D eigenvalue weighted by Gasteiger charge is 2.41. The van der Waals surface area contributed by atoms with Gasteiger partial charge >= 0.3 is 5.97 Å². The van der Waals surface area contributed by atoms with Crippen molar-refractivity contribution in [3.05, 3.63) is 28.8 Å². The van der Waals surface area contributed by atoms with Crippen LogP contribution >= 0.6 is 11.6 Å². The third-order valence-electron chi connectivity index (χ3n) is 3.71. The highest BCUT2D eigenvalue weighted by Crippen LogP contribution is 2.34. The molecule has 0 spiro atoms. The Labute approximate surface area is 127 Å². The Hall–Kier alpha value is -1.62. The fourth-order valence-electron chi connectivity index (χ4n) is 2.20. The predicted molar refractivity (Wildman–Crippen MR) is 75.3 cm³/mol. The summed E-state index contributed by atoms with van der Waals surface area (Å²) in [5.74, 6) is -1.39. The Morgan fingerprint density at radius 1 is 1.48 bits per heavy atom. The van der Waals surface area contributed by atoms with E-state index >= 15 is 0 Å². The molecule has 0 bridgehead atoms. The normalized spacial score (nSPS) is 21.6. The molecule has 1 aliphatic rings. The monoisotopic (exact) mass is 328 g/mol. The van der Waals surface area contributed by atoms with Crippen molar-refractivity contribution in [2.45, 2.75) is 23.8 Å². The first kappa shape index (κ1) is 15.8. The fraction of sp³-hybridized carbons (Fsp3) is 0.385. The van der Waals surface area contributed by atoms with Crippen LogP contribution in [0.4, 0.5) is 0 Å². The van der Waals surface area contributed by atoms with Gasteiger partial charge in [-0.2, -0.15) is 9.57 Å². The van der Waals surface area contributed by atoms with E-state index < -0.39 is 21.9 Å². The number of hydrogen-bond donors (Lipinski definition) is 1. The fourth-order valence-corrected chi connectivity index (χ4v) is 3.89. The molecule has 1 N–H and O–H groups in total. The predicted octanol–water partition coefficient (Wildman–Crippen LogP) is 1.70. The molecule has 2 rings (SSSR count). The van der Waals surface area contributed by atoms with E-state index in [1.54, 1.807) is 0 Å². The molecule has 21 heavy (non-hydrogen) atoms. The molecule has 0 saturated heterocycles. The van der Waals surface area contributed by atoms with Crippen molar-refractivity contribution in [1.29, 1.82) is 5.26 Å². The summed E-state index contributed by atoms with van der Waals surface area (Å²) in [5.41, 5.74) is 0.202. The van der Waals surface area contributed by atoms with Gasteiger partial charge in [-0.15, -0.1) is 0 Å². The molecule has 0 aliphatic heterocycles. The van der Waals surface area contributed by atoms with Gasteiger partial charge < -0.3 is 5.11 Å². The molecule has 1 fully saturated rings. The van der Waals surface area contributed by atoms with Gasteiger partial charge in [0, 0.05) is 13.1 Å². The van der Waals surface area contributed by atoms with E-state index in [0.717, 1.165) is 0 Å². The van der Waals surface area contributed by atoms with Crippen molar-refractivity contribution in [2.24, 2.45) is 5.92 Å². The highest BCUT2D eigenvalue weighted by atomic mass is 35.5. The number of nitrogens with zero attached hydrogens (tertiary/aromatic N) is 2. The van der Waals surface area contributed by atoms with Gasteiger partial charge in [-0.3, -0.25) is 4.79 Å². The molecular weight excluding hydrogens is 316 g/mol. The molecule has 1 aromatic carbocycles. The van der Waals surface area contributed by atoms with Crippen molar-refractivity contribution >= 4 is 27.6 Å². The van der Waals surface area contributed by atoms with Crippen molar-refractivity contribution in [3.8, 4) is 6.07 Å². The minimum absolute atomic E-state index is 0.00669. The summed E-state index contributed by atoms with van der Waals surface area (Å²) in [6.45, 7) is 0. The van der Waals surface area contributed by atoms with Crippen LogP contribution in [0.5, 0.6) is 0 Å². The quantitative estimate of drug-likeness (QED) is 0.906. The molecule has 0 radical (unpaired) electrons. The van der Waals surface area contributed by atoms with Crippen LogP contribution in [0.3, 0.4) is 0 Å². The Balaban J connectivity index is 2.21. The summed E-state index contributed by atoms with van der Waals surface area (Å²) >= 11 is 5.85. The number of carboxylic acids is 1. The number of carbonyl (C=O) groups is 1. The van der Waals surface area contributed by atoms with Crippen LogP contribution in [0, 0.1) is 17.2 Å². The molecule has 1 aromatic rings. The second-order valence-corrected chi connectivity index (χ2v) is 7.34. The molecule has 0 atom stereocenters.